The molecule has 1 aliphatic rings. The van der Waals surface area contributed by atoms with Gasteiger partial charge in [0.05, 0.1) is 6.10 Å². The van der Waals surface area contributed by atoms with Crippen molar-refractivity contribution < 1.29 is 4.74 Å². The summed E-state index contributed by atoms with van der Waals surface area (Å²) < 4.78 is 6.74. The highest BCUT2D eigenvalue weighted by Crippen LogP contribution is 2.30. The Hall–Kier alpha value is -0.0300. The van der Waals surface area contributed by atoms with Gasteiger partial charge in [0, 0.05) is 28.3 Å². The Bertz CT molecular complexity index is 353. The Morgan fingerprint density at radius 3 is 3.00 bits per heavy atom. The number of benzene rings is 1. The molecule has 1 heterocycles. The van der Waals surface area contributed by atoms with Crippen LogP contribution in [0.25, 0.3) is 0 Å². The molecule has 0 spiro atoms. The normalized spacial score (nSPS) is 20.2. The number of nitrogens with two attached hydrogens (primary N) is 1. The summed E-state index contributed by atoms with van der Waals surface area (Å²) in [5.41, 5.74) is 6.76. The molecular formula is C12H16BrNOS. The van der Waals surface area contributed by atoms with Crippen molar-refractivity contribution in [1.29, 1.82) is 0 Å². The van der Waals surface area contributed by atoms with E-state index in [4.69, 9.17) is 10.5 Å². The fourth-order valence-electron chi connectivity index (χ4n) is 1.75. The summed E-state index contributed by atoms with van der Waals surface area (Å²) >= 11 is 5.43. The number of halogens is 1. The number of ether oxygens (including phenoxy) is 1. The molecule has 0 radical (unpaired) electrons. The molecule has 0 amide bonds. The van der Waals surface area contributed by atoms with E-state index >= 15 is 0 Å². The fourth-order valence-corrected chi connectivity index (χ4v) is 3.51. The van der Waals surface area contributed by atoms with Gasteiger partial charge in [-0.15, -0.1) is 11.8 Å². The third-order valence-corrected chi connectivity index (χ3v) is 4.80. The van der Waals surface area contributed by atoms with Gasteiger partial charge in [-0.2, -0.15) is 0 Å². The van der Waals surface area contributed by atoms with Crippen LogP contribution in [0.5, 0.6) is 0 Å². The van der Waals surface area contributed by atoms with Gasteiger partial charge in [0.15, 0.2) is 0 Å². The molecule has 0 aromatic heterocycles. The van der Waals surface area contributed by atoms with Crippen molar-refractivity contribution in [1.82, 2.24) is 0 Å². The maximum atomic E-state index is 5.60. The summed E-state index contributed by atoms with van der Waals surface area (Å²) in [6, 6.07) is 6.31. The summed E-state index contributed by atoms with van der Waals surface area (Å²) in [7, 11) is 0. The van der Waals surface area contributed by atoms with Crippen molar-refractivity contribution in [2.75, 3.05) is 12.4 Å². The molecule has 0 saturated carbocycles. The molecule has 88 valence electrons. The number of hydrogen-bond acceptors (Lipinski definition) is 3. The van der Waals surface area contributed by atoms with E-state index in [9.17, 15) is 0 Å². The van der Waals surface area contributed by atoms with E-state index in [0.717, 1.165) is 22.4 Å². The van der Waals surface area contributed by atoms with E-state index < -0.39 is 0 Å². The standard InChI is InChI=1S/C12H16BrNOS/c13-11-6-9(7-14)3-4-12(11)16-8-10-2-1-5-15-10/h3-4,6,10H,1-2,5,7-8,14H2. The van der Waals surface area contributed by atoms with Crippen LogP contribution in [0.3, 0.4) is 0 Å². The molecule has 2 rings (SSSR count). The minimum Gasteiger partial charge on any atom is -0.377 e. The molecule has 1 atom stereocenters. The lowest BCUT2D eigenvalue weighted by Crippen LogP contribution is -2.07. The molecule has 1 aliphatic heterocycles. The van der Waals surface area contributed by atoms with Crippen LogP contribution in [0.4, 0.5) is 0 Å². The van der Waals surface area contributed by atoms with Gasteiger partial charge in [-0.25, -0.2) is 0 Å². The Morgan fingerprint density at radius 1 is 1.50 bits per heavy atom. The van der Waals surface area contributed by atoms with E-state index in [-0.39, 0.29) is 0 Å². The predicted octanol–water partition coefficient (Wildman–Crippen LogP) is 3.18. The Morgan fingerprint density at radius 2 is 2.38 bits per heavy atom. The smallest absolute Gasteiger partial charge is 0.0669 e. The Balaban J connectivity index is 1.93. The predicted molar refractivity (Wildman–Crippen MR) is 71.7 cm³/mol. The largest absolute Gasteiger partial charge is 0.377 e. The van der Waals surface area contributed by atoms with Gasteiger partial charge in [-0.05, 0) is 46.5 Å². The number of rotatable bonds is 4. The quantitative estimate of drug-likeness (QED) is 0.868. The van der Waals surface area contributed by atoms with Crippen LogP contribution in [0.1, 0.15) is 18.4 Å². The zero-order valence-corrected chi connectivity index (χ0v) is 11.5. The average Bonchev–Trinajstić information content (AvgIpc) is 2.80. The maximum Gasteiger partial charge on any atom is 0.0669 e. The number of thioether (sulfide) groups is 1. The summed E-state index contributed by atoms with van der Waals surface area (Å²) in [6.07, 6.45) is 2.84. The van der Waals surface area contributed by atoms with Crippen molar-refractivity contribution in [3.63, 3.8) is 0 Å². The molecule has 1 aromatic carbocycles. The highest BCUT2D eigenvalue weighted by molar-refractivity contribution is 9.10. The van der Waals surface area contributed by atoms with E-state index in [1.54, 1.807) is 0 Å². The van der Waals surface area contributed by atoms with Crippen molar-refractivity contribution in [3.05, 3.63) is 28.2 Å². The van der Waals surface area contributed by atoms with Gasteiger partial charge < -0.3 is 10.5 Å². The first-order valence-electron chi connectivity index (χ1n) is 5.52. The van der Waals surface area contributed by atoms with E-state index in [2.05, 4.69) is 34.1 Å². The van der Waals surface area contributed by atoms with Crippen LogP contribution in [-0.2, 0) is 11.3 Å². The molecule has 2 N–H and O–H groups in total. The molecule has 1 unspecified atom stereocenters. The van der Waals surface area contributed by atoms with Gasteiger partial charge in [0.1, 0.15) is 0 Å². The topological polar surface area (TPSA) is 35.2 Å². The lowest BCUT2D eigenvalue weighted by Gasteiger charge is -2.10. The highest BCUT2D eigenvalue weighted by Gasteiger charge is 2.16. The minimum absolute atomic E-state index is 0.436. The van der Waals surface area contributed by atoms with E-state index in [1.165, 1.54) is 17.7 Å². The third-order valence-electron chi connectivity index (χ3n) is 2.68. The van der Waals surface area contributed by atoms with Crippen LogP contribution in [-0.4, -0.2) is 18.5 Å². The molecular weight excluding hydrogens is 286 g/mol. The van der Waals surface area contributed by atoms with Gasteiger partial charge in [0.25, 0.3) is 0 Å². The second-order valence-electron chi connectivity index (χ2n) is 3.91. The molecule has 1 fully saturated rings. The highest BCUT2D eigenvalue weighted by atomic mass is 79.9. The summed E-state index contributed by atoms with van der Waals surface area (Å²) in [5.74, 6) is 1.04. The SMILES string of the molecule is NCc1ccc(SCC2CCCO2)c(Br)c1. The molecule has 0 bridgehead atoms. The van der Waals surface area contributed by atoms with Crippen LogP contribution in [0.2, 0.25) is 0 Å². The van der Waals surface area contributed by atoms with Gasteiger partial charge in [-0.3, -0.25) is 0 Å². The monoisotopic (exact) mass is 301 g/mol. The molecule has 4 heteroatoms. The molecule has 1 saturated heterocycles. The Kier molecular flexibility index (Phi) is 4.70. The summed E-state index contributed by atoms with van der Waals surface area (Å²) in [6.45, 7) is 1.52. The van der Waals surface area contributed by atoms with Crippen LogP contribution >= 0.6 is 27.7 Å². The first-order chi connectivity index (χ1) is 7.79. The second kappa shape index (κ2) is 6.05. The van der Waals surface area contributed by atoms with E-state index in [1.807, 2.05) is 11.8 Å². The van der Waals surface area contributed by atoms with E-state index in [0.29, 0.717) is 12.6 Å². The van der Waals surface area contributed by atoms with Crippen molar-refractivity contribution in [2.24, 2.45) is 5.73 Å². The van der Waals surface area contributed by atoms with Crippen LogP contribution in [0.15, 0.2) is 27.6 Å². The fraction of sp³-hybridized carbons (Fsp3) is 0.500. The number of hydrogen-bond donors (Lipinski definition) is 1. The van der Waals surface area contributed by atoms with Gasteiger partial charge >= 0.3 is 0 Å². The first-order valence-corrected chi connectivity index (χ1v) is 7.30. The third kappa shape index (κ3) is 3.23. The second-order valence-corrected chi connectivity index (χ2v) is 5.83. The van der Waals surface area contributed by atoms with Crippen LogP contribution < -0.4 is 5.73 Å². The van der Waals surface area contributed by atoms with Crippen LogP contribution in [0, 0.1) is 0 Å². The van der Waals surface area contributed by atoms with Crippen molar-refractivity contribution in [3.8, 4) is 0 Å². The molecule has 1 aromatic rings. The van der Waals surface area contributed by atoms with Crippen molar-refractivity contribution in [2.45, 2.75) is 30.4 Å². The Labute approximate surface area is 109 Å². The first kappa shape index (κ1) is 12.4. The van der Waals surface area contributed by atoms with Gasteiger partial charge in [0.2, 0.25) is 0 Å². The lowest BCUT2D eigenvalue weighted by molar-refractivity contribution is 0.129. The average molecular weight is 302 g/mol. The zero-order valence-electron chi connectivity index (χ0n) is 9.12. The molecule has 0 aliphatic carbocycles. The molecule has 16 heavy (non-hydrogen) atoms. The maximum absolute atomic E-state index is 5.60. The lowest BCUT2D eigenvalue weighted by atomic mass is 10.2. The summed E-state index contributed by atoms with van der Waals surface area (Å²) in [5, 5.41) is 0. The zero-order chi connectivity index (χ0) is 11.4. The van der Waals surface area contributed by atoms with Crippen molar-refractivity contribution >= 4 is 27.7 Å². The minimum atomic E-state index is 0.436. The summed E-state index contributed by atoms with van der Waals surface area (Å²) in [4.78, 5) is 1.27. The molecule has 2 nitrogen and oxygen atoms in total. The van der Waals surface area contributed by atoms with Gasteiger partial charge in [-0.1, -0.05) is 6.07 Å².